The molecule has 32 heavy (non-hydrogen) atoms. The lowest BCUT2D eigenvalue weighted by atomic mass is 9.92. The van der Waals surface area contributed by atoms with Crippen molar-refractivity contribution in [2.75, 3.05) is 0 Å². The first-order valence-electron chi connectivity index (χ1n) is 10.1. The Morgan fingerprint density at radius 1 is 1.12 bits per heavy atom. The number of carboxylic acid groups (broad SMARTS) is 1. The van der Waals surface area contributed by atoms with Gasteiger partial charge in [0.1, 0.15) is 11.5 Å². The Morgan fingerprint density at radius 3 is 2.34 bits per heavy atom. The number of hydrogen-bond acceptors (Lipinski definition) is 6. The Balaban J connectivity index is 0.000000182. The molecule has 0 bridgehead atoms. The maximum Gasteiger partial charge on any atom is 0.335 e. The van der Waals surface area contributed by atoms with Gasteiger partial charge in [0.2, 0.25) is 0 Å². The zero-order valence-corrected chi connectivity index (χ0v) is 19.1. The number of ether oxygens (including phenoxy) is 1. The Hall–Kier alpha value is -3.26. The first-order valence-corrected chi connectivity index (χ1v) is 11.0. The first kappa shape index (κ1) is 23.4. The molecule has 0 saturated carbocycles. The van der Waals surface area contributed by atoms with Crippen molar-refractivity contribution in [1.29, 1.82) is 0 Å². The van der Waals surface area contributed by atoms with Crippen molar-refractivity contribution >= 4 is 35.0 Å². The number of nitrogens with one attached hydrogen (secondary N) is 1. The third-order valence-electron chi connectivity index (χ3n) is 5.56. The topological polar surface area (TPSA) is 113 Å². The molecule has 2 aliphatic heterocycles. The first-order chi connectivity index (χ1) is 15.1. The molecule has 1 unspecified atom stereocenters. The average Bonchev–Trinajstić information content (AvgIpc) is 3.08. The van der Waals surface area contributed by atoms with Gasteiger partial charge in [0.05, 0.1) is 16.6 Å². The van der Waals surface area contributed by atoms with Crippen LogP contribution in [0.25, 0.3) is 6.08 Å². The number of thioether (sulfide) groups is 1. The number of rotatable bonds is 2. The van der Waals surface area contributed by atoms with E-state index in [1.54, 1.807) is 12.1 Å². The lowest BCUT2D eigenvalue weighted by Gasteiger charge is -2.27. The minimum atomic E-state index is -1.01. The van der Waals surface area contributed by atoms with Gasteiger partial charge in [-0.25, -0.2) is 4.79 Å². The van der Waals surface area contributed by atoms with Crippen LogP contribution in [-0.2, 0) is 11.2 Å². The number of carbonyl (C=O) groups excluding carboxylic acids is 2. The number of aromatic hydroxyl groups is 1. The fraction of sp³-hybridized carbons (Fsp3) is 0.292. The molecule has 0 radical (unpaired) electrons. The van der Waals surface area contributed by atoms with Gasteiger partial charge in [-0.15, -0.1) is 0 Å². The van der Waals surface area contributed by atoms with Gasteiger partial charge in [-0.05, 0) is 92.8 Å². The molecule has 1 fully saturated rings. The lowest BCUT2D eigenvalue weighted by molar-refractivity contribution is -0.115. The van der Waals surface area contributed by atoms with E-state index in [-0.39, 0.29) is 5.56 Å². The number of phenolic OH excluding ortho intramolecular Hbond substituents is 1. The van der Waals surface area contributed by atoms with Gasteiger partial charge in [-0.2, -0.15) is 0 Å². The van der Waals surface area contributed by atoms with Crippen LogP contribution in [0.3, 0.4) is 0 Å². The van der Waals surface area contributed by atoms with Crippen LogP contribution in [0.5, 0.6) is 11.5 Å². The fourth-order valence-corrected chi connectivity index (χ4v) is 4.21. The van der Waals surface area contributed by atoms with Gasteiger partial charge in [-0.3, -0.25) is 14.9 Å². The van der Waals surface area contributed by atoms with Crippen LogP contribution in [0.4, 0.5) is 4.79 Å². The Morgan fingerprint density at radius 2 is 1.78 bits per heavy atom. The van der Waals surface area contributed by atoms with E-state index >= 15 is 0 Å². The quantitative estimate of drug-likeness (QED) is 0.561. The molecule has 2 aromatic carbocycles. The third-order valence-corrected chi connectivity index (χ3v) is 6.37. The van der Waals surface area contributed by atoms with Crippen LogP contribution >= 0.6 is 11.8 Å². The summed E-state index contributed by atoms with van der Waals surface area (Å²) in [6.07, 6.45) is 3.88. The average molecular weight is 456 g/mol. The van der Waals surface area contributed by atoms with Crippen molar-refractivity contribution in [2.24, 2.45) is 0 Å². The Labute approximate surface area is 190 Å². The van der Waals surface area contributed by atoms with E-state index in [9.17, 15) is 19.5 Å². The van der Waals surface area contributed by atoms with E-state index in [4.69, 9.17) is 9.84 Å². The molecule has 2 amide bonds. The SMILES string of the molecule is Cc1c(C)c2c(c(C)c1O)CCC(C)O2.O=C1NC(=O)C(=Cc2ccc(C(=O)O)cc2)S1. The van der Waals surface area contributed by atoms with Gasteiger partial charge >= 0.3 is 5.97 Å². The highest BCUT2D eigenvalue weighted by Gasteiger charge is 2.25. The summed E-state index contributed by atoms with van der Waals surface area (Å²) in [5.74, 6) is 0.000583. The standard InChI is InChI=1S/C13H18O2.C11H7NO4S/c1-7-5-6-11-10(4)12(14)8(2)9(3)13(11)15-7;13-9-8(17-11(16)12-9)5-6-1-3-7(4-2-6)10(14)15/h7,14H,5-6H2,1-4H3;1-5H,(H,14,15)(H,12,13,16). The second-order valence-corrected chi connectivity index (χ2v) is 8.79. The van der Waals surface area contributed by atoms with Gasteiger partial charge in [0.15, 0.2) is 0 Å². The maximum atomic E-state index is 11.2. The molecule has 4 rings (SSSR count). The number of hydrogen-bond donors (Lipinski definition) is 3. The van der Waals surface area contributed by atoms with E-state index in [1.165, 1.54) is 23.8 Å². The molecule has 0 spiro atoms. The van der Waals surface area contributed by atoms with Crippen LogP contribution in [0, 0.1) is 20.8 Å². The fourth-order valence-electron chi connectivity index (χ4n) is 3.53. The summed E-state index contributed by atoms with van der Waals surface area (Å²) in [5.41, 5.74) is 5.04. The van der Waals surface area contributed by atoms with Crippen LogP contribution in [0.15, 0.2) is 29.2 Å². The van der Waals surface area contributed by atoms with Gasteiger partial charge in [0.25, 0.3) is 11.1 Å². The third kappa shape index (κ3) is 4.96. The number of carboxylic acids is 1. The number of phenols is 1. The van der Waals surface area contributed by atoms with Crippen LogP contribution in [0.2, 0.25) is 0 Å². The second-order valence-electron chi connectivity index (χ2n) is 7.78. The predicted octanol–water partition coefficient (Wildman–Crippen LogP) is 4.74. The minimum Gasteiger partial charge on any atom is -0.507 e. The summed E-state index contributed by atoms with van der Waals surface area (Å²) >= 11 is 0.824. The van der Waals surface area contributed by atoms with Gasteiger partial charge in [-0.1, -0.05) is 12.1 Å². The maximum absolute atomic E-state index is 11.2. The summed E-state index contributed by atoms with van der Waals surface area (Å²) in [6.45, 7) is 8.03. The van der Waals surface area contributed by atoms with Gasteiger partial charge in [0, 0.05) is 5.56 Å². The van der Waals surface area contributed by atoms with Crippen molar-refractivity contribution in [3.63, 3.8) is 0 Å². The van der Waals surface area contributed by atoms with Crippen molar-refractivity contribution in [2.45, 2.75) is 46.6 Å². The second kappa shape index (κ2) is 9.48. The lowest BCUT2D eigenvalue weighted by Crippen LogP contribution is -2.20. The predicted molar refractivity (Wildman–Crippen MR) is 123 cm³/mol. The summed E-state index contributed by atoms with van der Waals surface area (Å²) in [6, 6.07) is 6.03. The van der Waals surface area contributed by atoms with Crippen LogP contribution < -0.4 is 10.1 Å². The molecule has 2 aromatic rings. The molecular formula is C24H25NO6S. The highest BCUT2D eigenvalue weighted by molar-refractivity contribution is 8.18. The van der Waals surface area contributed by atoms with Crippen molar-refractivity contribution in [3.8, 4) is 11.5 Å². The monoisotopic (exact) mass is 455 g/mol. The summed E-state index contributed by atoms with van der Waals surface area (Å²) in [5, 5.41) is 20.4. The molecule has 0 aliphatic carbocycles. The number of amides is 2. The van der Waals surface area contributed by atoms with E-state index < -0.39 is 17.1 Å². The van der Waals surface area contributed by atoms with Crippen molar-refractivity contribution < 1.29 is 29.3 Å². The number of carbonyl (C=O) groups is 3. The summed E-state index contributed by atoms with van der Waals surface area (Å²) in [4.78, 5) is 33.1. The van der Waals surface area contributed by atoms with Crippen molar-refractivity contribution in [1.82, 2.24) is 5.32 Å². The molecule has 8 heteroatoms. The Bertz CT molecular complexity index is 1120. The molecule has 0 aromatic heterocycles. The number of benzene rings is 2. The van der Waals surface area contributed by atoms with E-state index in [0.29, 0.717) is 22.3 Å². The highest BCUT2D eigenvalue weighted by atomic mass is 32.2. The molecular weight excluding hydrogens is 430 g/mol. The normalized spacial score (nSPS) is 18.4. The van der Waals surface area contributed by atoms with E-state index in [2.05, 4.69) is 12.2 Å². The van der Waals surface area contributed by atoms with Crippen molar-refractivity contribution in [3.05, 3.63) is 62.6 Å². The summed E-state index contributed by atoms with van der Waals surface area (Å²) < 4.78 is 5.87. The van der Waals surface area contributed by atoms with E-state index in [0.717, 1.165) is 47.0 Å². The van der Waals surface area contributed by atoms with E-state index in [1.807, 2.05) is 20.8 Å². The zero-order valence-electron chi connectivity index (χ0n) is 18.3. The molecule has 7 nitrogen and oxygen atoms in total. The largest absolute Gasteiger partial charge is 0.507 e. The van der Waals surface area contributed by atoms with Crippen LogP contribution in [0.1, 0.15) is 51.5 Å². The van der Waals surface area contributed by atoms with Crippen LogP contribution in [-0.4, -0.2) is 33.4 Å². The highest BCUT2D eigenvalue weighted by Crippen LogP contribution is 2.40. The molecule has 2 heterocycles. The summed E-state index contributed by atoms with van der Waals surface area (Å²) in [7, 11) is 0. The number of fused-ring (bicyclic) bond motifs is 1. The molecule has 3 N–H and O–H groups in total. The zero-order chi connectivity index (χ0) is 23.6. The number of imide groups is 1. The Kier molecular flexibility index (Phi) is 6.93. The molecule has 1 atom stereocenters. The molecule has 168 valence electrons. The van der Waals surface area contributed by atoms with Gasteiger partial charge < -0.3 is 14.9 Å². The molecule has 1 saturated heterocycles. The molecule has 2 aliphatic rings. The smallest absolute Gasteiger partial charge is 0.335 e. The number of aromatic carboxylic acids is 1. The minimum absolute atomic E-state index is 0.173.